The molecule has 1 aliphatic rings. The molecule has 0 aliphatic carbocycles. The number of amides is 1. The third-order valence-corrected chi connectivity index (χ3v) is 6.71. The predicted molar refractivity (Wildman–Crippen MR) is 144 cm³/mol. The smallest absolute Gasteiger partial charge is 0.335 e. The lowest BCUT2D eigenvalue weighted by Gasteiger charge is -2.15. The Bertz CT molecular complexity index is 1530. The van der Waals surface area contributed by atoms with E-state index in [-0.39, 0.29) is 11.5 Å². The molecule has 0 radical (unpaired) electrons. The fraction of sp³-hybridized carbons (Fsp3) is 0. The van der Waals surface area contributed by atoms with Gasteiger partial charge in [0.2, 0.25) is 0 Å². The summed E-state index contributed by atoms with van der Waals surface area (Å²) in [5.41, 5.74) is 2.05. The molecule has 36 heavy (non-hydrogen) atoms. The van der Waals surface area contributed by atoms with Crippen LogP contribution in [0.25, 0.3) is 17.4 Å². The Balaban J connectivity index is 1.50. The first-order chi connectivity index (χ1) is 17.4. The van der Waals surface area contributed by atoms with Crippen LogP contribution in [0, 0.1) is 0 Å². The van der Waals surface area contributed by atoms with Gasteiger partial charge in [0.15, 0.2) is 5.17 Å². The summed E-state index contributed by atoms with van der Waals surface area (Å²) in [6.45, 7) is 0. The third kappa shape index (κ3) is 5.09. The molecule has 5 rings (SSSR count). The van der Waals surface area contributed by atoms with Crippen LogP contribution in [0.2, 0.25) is 10.0 Å². The normalized spacial score (nSPS) is 15.7. The topological polar surface area (TPSA) is 83.1 Å². The minimum atomic E-state index is -1.02. The van der Waals surface area contributed by atoms with Gasteiger partial charge < -0.3 is 9.52 Å². The minimum Gasteiger partial charge on any atom is -0.478 e. The van der Waals surface area contributed by atoms with Crippen LogP contribution >= 0.6 is 35.0 Å². The summed E-state index contributed by atoms with van der Waals surface area (Å²) >= 11 is 13.3. The highest BCUT2D eigenvalue weighted by Gasteiger charge is 2.35. The summed E-state index contributed by atoms with van der Waals surface area (Å²) < 4.78 is 5.91. The van der Waals surface area contributed by atoms with Crippen LogP contribution in [0.3, 0.4) is 0 Å². The van der Waals surface area contributed by atoms with Crippen LogP contribution in [0.1, 0.15) is 16.1 Å². The molecular formula is C27H16Cl2N2O4S. The number of rotatable bonds is 5. The number of benzene rings is 3. The van der Waals surface area contributed by atoms with E-state index in [1.54, 1.807) is 78.9 Å². The number of hydrogen-bond donors (Lipinski definition) is 1. The molecule has 0 spiro atoms. The first kappa shape index (κ1) is 23.9. The van der Waals surface area contributed by atoms with Crippen LogP contribution < -0.4 is 4.90 Å². The van der Waals surface area contributed by atoms with E-state index in [0.29, 0.717) is 48.6 Å². The van der Waals surface area contributed by atoms with Crippen LogP contribution in [0.15, 0.2) is 99.2 Å². The Morgan fingerprint density at radius 2 is 1.64 bits per heavy atom. The number of furan rings is 1. The molecule has 3 aromatic carbocycles. The monoisotopic (exact) mass is 534 g/mol. The van der Waals surface area contributed by atoms with E-state index in [1.165, 1.54) is 28.8 Å². The second-order valence-corrected chi connectivity index (χ2v) is 9.57. The Labute approximate surface area is 220 Å². The van der Waals surface area contributed by atoms with Crippen LogP contribution in [-0.2, 0) is 4.79 Å². The standard InChI is InChI=1S/C27H16Cl2N2O4S/c28-18-4-8-20(9-5-18)30-27-31(21-10-6-19(29)7-11-21)25(32)24(36-27)15-22-12-13-23(35-22)16-2-1-3-17(14-16)26(33)34/h1-15H,(H,33,34)/b24-15-,30-27?. The summed E-state index contributed by atoms with van der Waals surface area (Å²) in [5.74, 6) is -0.343. The highest BCUT2D eigenvalue weighted by Crippen LogP contribution is 2.38. The fourth-order valence-electron chi connectivity index (χ4n) is 3.51. The van der Waals surface area contributed by atoms with E-state index in [0.717, 1.165) is 0 Å². The van der Waals surface area contributed by atoms with Gasteiger partial charge >= 0.3 is 5.97 Å². The number of carboxylic acids is 1. The molecule has 4 aromatic rings. The molecule has 6 nitrogen and oxygen atoms in total. The molecule has 0 unspecified atom stereocenters. The minimum absolute atomic E-state index is 0.159. The number of thioether (sulfide) groups is 1. The van der Waals surface area contributed by atoms with Crippen molar-refractivity contribution in [3.05, 3.63) is 111 Å². The second-order valence-electron chi connectivity index (χ2n) is 7.69. The number of aliphatic imine (C=N–C) groups is 1. The molecular weight excluding hydrogens is 519 g/mol. The SMILES string of the molecule is O=C(O)c1cccc(-c2ccc(/C=C3\SC(=Nc4ccc(Cl)cc4)N(c4ccc(Cl)cc4)C3=O)o2)c1. The van der Waals surface area contributed by atoms with Gasteiger partial charge in [-0.1, -0.05) is 35.3 Å². The lowest BCUT2D eigenvalue weighted by atomic mass is 10.1. The average molecular weight is 535 g/mol. The summed E-state index contributed by atoms with van der Waals surface area (Å²) in [4.78, 5) is 31.3. The maximum absolute atomic E-state index is 13.4. The molecule has 0 saturated carbocycles. The van der Waals surface area contributed by atoms with Crippen LogP contribution in [0.5, 0.6) is 0 Å². The largest absolute Gasteiger partial charge is 0.478 e. The highest BCUT2D eigenvalue weighted by atomic mass is 35.5. The lowest BCUT2D eigenvalue weighted by Crippen LogP contribution is -2.28. The zero-order valence-electron chi connectivity index (χ0n) is 18.4. The van der Waals surface area contributed by atoms with Gasteiger partial charge in [0.1, 0.15) is 11.5 Å². The van der Waals surface area contributed by atoms with Crippen molar-refractivity contribution in [1.82, 2.24) is 0 Å². The third-order valence-electron chi connectivity index (χ3n) is 5.24. The Hall–Kier alpha value is -3.78. The molecule has 1 aromatic heterocycles. The van der Waals surface area contributed by atoms with Gasteiger partial charge in [0, 0.05) is 21.7 Å². The Morgan fingerprint density at radius 3 is 2.33 bits per heavy atom. The lowest BCUT2D eigenvalue weighted by molar-refractivity contribution is -0.113. The summed E-state index contributed by atoms with van der Waals surface area (Å²) in [7, 11) is 0. The number of amidine groups is 1. The molecule has 1 fully saturated rings. The molecule has 1 amide bonds. The van der Waals surface area contributed by atoms with E-state index >= 15 is 0 Å². The number of nitrogens with zero attached hydrogens (tertiary/aromatic N) is 2. The highest BCUT2D eigenvalue weighted by molar-refractivity contribution is 8.19. The second kappa shape index (κ2) is 10.1. The molecule has 1 N–H and O–H groups in total. The molecule has 2 heterocycles. The Kier molecular flexibility index (Phi) is 6.69. The van der Waals surface area contributed by atoms with Gasteiger partial charge in [0.25, 0.3) is 5.91 Å². The van der Waals surface area contributed by atoms with Crippen molar-refractivity contribution in [2.45, 2.75) is 0 Å². The van der Waals surface area contributed by atoms with Crippen LogP contribution in [-0.4, -0.2) is 22.2 Å². The van der Waals surface area contributed by atoms with Crippen molar-refractivity contribution in [2.24, 2.45) is 4.99 Å². The van der Waals surface area contributed by atoms with E-state index < -0.39 is 5.97 Å². The van der Waals surface area contributed by atoms with E-state index in [9.17, 15) is 14.7 Å². The molecule has 9 heteroatoms. The van der Waals surface area contributed by atoms with Gasteiger partial charge in [-0.15, -0.1) is 0 Å². The zero-order chi connectivity index (χ0) is 25.2. The number of hydrogen-bond acceptors (Lipinski definition) is 5. The van der Waals surface area contributed by atoms with Gasteiger partial charge in [-0.25, -0.2) is 9.79 Å². The van der Waals surface area contributed by atoms with Crippen molar-refractivity contribution in [3.63, 3.8) is 0 Å². The predicted octanol–water partition coefficient (Wildman–Crippen LogP) is 7.76. The number of carbonyl (C=O) groups excluding carboxylic acids is 1. The van der Waals surface area contributed by atoms with E-state index in [4.69, 9.17) is 27.6 Å². The van der Waals surface area contributed by atoms with E-state index in [1.807, 2.05) is 0 Å². The van der Waals surface area contributed by atoms with Crippen molar-refractivity contribution in [1.29, 1.82) is 0 Å². The van der Waals surface area contributed by atoms with Crippen molar-refractivity contribution in [3.8, 4) is 11.3 Å². The summed E-state index contributed by atoms with van der Waals surface area (Å²) in [5, 5.41) is 10.9. The number of halogens is 2. The quantitative estimate of drug-likeness (QED) is 0.264. The van der Waals surface area contributed by atoms with Gasteiger partial charge in [-0.05, 0) is 84.6 Å². The maximum Gasteiger partial charge on any atom is 0.335 e. The molecule has 0 atom stereocenters. The van der Waals surface area contributed by atoms with Crippen molar-refractivity contribution in [2.75, 3.05) is 4.90 Å². The van der Waals surface area contributed by atoms with E-state index in [2.05, 4.69) is 4.99 Å². The first-order valence-electron chi connectivity index (χ1n) is 10.6. The average Bonchev–Trinajstić information content (AvgIpc) is 3.46. The van der Waals surface area contributed by atoms with Crippen molar-refractivity contribution >= 4 is 69.5 Å². The zero-order valence-corrected chi connectivity index (χ0v) is 20.7. The molecule has 0 bridgehead atoms. The molecule has 178 valence electrons. The maximum atomic E-state index is 13.4. The number of carboxylic acid groups (broad SMARTS) is 1. The van der Waals surface area contributed by atoms with Gasteiger partial charge in [-0.2, -0.15) is 0 Å². The Morgan fingerprint density at radius 1 is 0.944 bits per heavy atom. The van der Waals surface area contributed by atoms with Gasteiger partial charge in [0.05, 0.1) is 21.8 Å². The summed E-state index contributed by atoms with van der Waals surface area (Å²) in [6, 6.07) is 23.8. The number of anilines is 1. The number of aromatic carboxylic acids is 1. The molecule has 1 saturated heterocycles. The fourth-order valence-corrected chi connectivity index (χ4v) is 4.75. The number of carbonyl (C=O) groups is 2. The first-order valence-corrected chi connectivity index (χ1v) is 12.2. The molecule has 1 aliphatic heterocycles. The van der Waals surface area contributed by atoms with Crippen LogP contribution in [0.4, 0.5) is 11.4 Å². The summed E-state index contributed by atoms with van der Waals surface area (Å²) in [6.07, 6.45) is 1.64. The van der Waals surface area contributed by atoms with Gasteiger partial charge in [-0.3, -0.25) is 9.69 Å². The van der Waals surface area contributed by atoms with Crippen molar-refractivity contribution < 1.29 is 19.1 Å².